The van der Waals surface area contributed by atoms with Crippen molar-refractivity contribution in [3.8, 4) is 0 Å². The fourth-order valence-corrected chi connectivity index (χ4v) is 4.28. The summed E-state index contributed by atoms with van der Waals surface area (Å²) in [5, 5.41) is 0. The molecule has 0 radical (unpaired) electrons. The number of esters is 1. The van der Waals surface area contributed by atoms with E-state index in [1.165, 1.54) is 34.1 Å². The highest BCUT2D eigenvalue weighted by molar-refractivity contribution is 7.89. The molecule has 0 unspecified atom stereocenters. The Labute approximate surface area is 148 Å². The summed E-state index contributed by atoms with van der Waals surface area (Å²) in [5.41, 5.74) is 2.59. The average molecular weight is 359 g/mol. The van der Waals surface area contributed by atoms with Gasteiger partial charge in [0.25, 0.3) is 0 Å². The molecule has 0 fully saturated rings. The quantitative estimate of drug-likeness (QED) is 0.770. The van der Waals surface area contributed by atoms with Gasteiger partial charge in [-0.05, 0) is 48.2 Å². The van der Waals surface area contributed by atoms with E-state index in [9.17, 15) is 13.2 Å². The van der Waals surface area contributed by atoms with E-state index in [1.54, 1.807) is 0 Å². The maximum Gasteiger partial charge on any atom is 0.338 e. The average Bonchev–Trinajstić information content (AvgIpc) is 2.65. The Morgan fingerprint density at radius 1 is 1.08 bits per heavy atom. The Hall–Kier alpha value is -2.18. The van der Waals surface area contributed by atoms with Crippen molar-refractivity contribution >= 4 is 16.0 Å². The van der Waals surface area contributed by atoms with Gasteiger partial charge in [0.1, 0.15) is 0 Å². The molecule has 132 valence electrons. The number of rotatable bonds is 5. The van der Waals surface area contributed by atoms with Crippen LogP contribution in [0.1, 0.15) is 34.8 Å². The topological polar surface area (TPSA) is 63.7 Å². The highest BCUT2D eigenvalue weighted by atomic mass is 32.2. The number of hydrogen-bond donors (Lipinski definition) is 0. The van der Waals surface area contributed by atoms with Crippen LogP contribution in [0, 0.1) is 0 Å². The molecule has 0 aliphatic carbocycles. The first-order chi connectivity index (χ1) is 12.0. The van der Waals surface area contributed by atoms with Crippen LogP contribution in [0.4, 0.5) is 0 Å². The molecule has 0 saturated carbocycles. The molecule has 2 aromatic carbocycles. The van der Waals surface area contributed by atoms with E-state index in [4.69, 9.17) is 4.74 Å². The SMILES string of the molecule is CCCOC(=O)c1ccc(S(=O)(=O)N2CCc3ccccc3C2)cc1. The van der Waals surface area contributed by atoms with Crippen molar-refractivity contribution < 1.29 is 17.9 Å². The largest absolute Gasteiger partial charge is 0.462 e. The van der Waals surface area contributed by atoms with Gasteiger partial charge in [0, 0.05) is 13.1 Å². The molecule has 6 heteroatoms. The maximum absolute atomic E-state index is 12.9. The third-order valence-corrected chi connectivity index (χ3v) is 6.12. The Morgan fingerprint density at radius 3 is 2.44 bits per heavy atom. The van der Waals surface area contributed by atoms with E-state index in [-0.39, 0.29) is 4.90 Å². The number of carbonyl (C=O) groups excluding carboxylic acids is 1. The zero-order valence-corrected chi connectivity index (χ0v) is 15.0. The van der Waals surface area contributed by atoms with Gasteiger partial charge in [0.15, 0.2) is 0 Å². The summed E-state index contributed by atoms with van der Waals surface area (Å²) < 4.78 is 32.3. The lowest BCUT2D eigenvalue weighted by Crippen LogP contribution is -2.35. The first-order valence-corrected chi connectivity index (χ1v) is 9.80. The number of hydrogen-bond acceptors (Lipinski definition) is 4. The summed E-state index contributed by atoms with van der Waals surface area (Å²) >= 11 is 0. The van der Waals surface area contributed by atoms with Crippen molar-refractivity contribution in [1.29, 1.82) is 0 Å². The van der Waals surface area contributed by atoms with Crippen molar-refractivity contribution in [3.05, 3.63) is 65.2 Å². The Bertz CT molecular complexity index is 859. The molecule has 3 rings (SSSR count). The molecular formula is C19H21NO4S. The van der Waals surface area contributed by atoms with Crippen molar-refractivity contribution in [3.63, 3.8) is 0 Å². The third kappa shape index (κ3) is 3.75. The normalized spacial score (nSPS) is 14.8. The molecule has 1 heterocycles. The highest BCUT2D eigenvalue weighted by Gasteiger charge is 2.28. The molecule has 0 saturated heterocycles. The summed E-state index contributed by atoms with van der Waals surface area (Å²) in [6, 6.07) is 13.8. The fraction of sp³-hybridized carbons (Fsp3) is 0.316. The number of benzene rings is 2. The second kappa shape index (κ2) is 7.37. The van der Waals surface area contributed by atoms with E-state index in [2.05, 4.69) is 0 Å². The predicted molar refractivity (Wildman–Crippen MR) is 94.8 cm³/mol. The Kier molecular flexibility index (Phi) is 5.20. The summed E-state index contributed by atoms with van der Waals surface area (Å²) in [5.74, 6) is -0.433. The maximum atomic E-state index is 12.9. The molecule has 0 amide bonds. The first-order valence-electron chi connectivity index (χ1n) is 8.36. The van der Waals surface area contributed by atoms with E-state index in [1.807, 2.05) is 31.2 Å². The molecule has 0 N–H and O–H groups in total. The van der Waals surface area contributed by atoms with Gasteiger partial charge in [-0.15, -0.1) is 0 Å². The molecule has 5 nitrogen and oxygen atoms in total. The molecule has 1 aliphatic rings. The smallest absolute Gasteiger partial charge is 0.338 e. The molecule has 2 aromatic rings. The van der Waals surface area contributed by atoms with Crippen molar-refractivity contribution in [2.24, 2.45) is 0 Å². The second-order valence-corrected chi connectivity index (χ2v) is 7.96. The fourth-order valence-electron chi connectivity index (χ4n) is 2.87. The molecular weight excluding hydrogens is 338 g/mol. The van der Waals surface area contributed by atoms with Crippen LogP contribution < -0.4 is 0 Å². The van der Waals surface area contributed by atoms with E-state index in [0.29, 0.717) is 31.7 Å². The van der Waals surface area contributed by atoms with Crippen molar-refractivity contribution in [2.45, 2.75) is 31.2 Å². The van der Waals surface area contributed by atoms with Gasteiger partial charge >= 0.3 is 5.97 Å². The lowest BCUT2D eigenvalue weighted by molar-refractivity contribution is 0.0505. The van der Waals surface area contributed by atoms with E-state index in [0.717, 1.165) is 12.0 Å². The monoisotopic (exact) mass is 359 g/mol. The van der Waals surface area contributed by atoms with Gasteiger partial charge in [-0.3, -0.25) is 0 Å². The van der Waals surface area contributed by atoms with Gasteiger partial charge in [-0.2, -0.15) is 4.31 Å². The summed E-state index contributed by atoms with van der Waals surface area (Å²) in [6.07, 6.45) is 1.45. The predicted octanol–water partition coefficient (Wildman–Crippen LogP) is 3.00. The zero-order chi connectivity index (χ0) is 17.9. The minimum atomic E-state index is -3.58. The zero-order valence-electron chi connectivity index (χ0n) is 14.1. The van der Waals surface area contributed by atoms with Crippen LogP contribution in [0.3, 0.4) is 0 Å². The molecule has 0 aromatic heterocycles. The Morgan fingerprint density at radius 2 is 1.76 bits per heavy atom. The van der Waals surface area contributed by atoms with Crippen LogP contribution in [0.5, 0.6) is 0 Å². The standard InChI is InChI=1S/C19H21NO4S/c1-2-13-24-19(21)16-7-9-18(10-8-16)25(22,23)20-12-11-15-5-3-4-6-17(15)14-20/h3-10H,2,11-14H2,1H3. The molecule has 1 aliphatic heterocycles. The molecule has 0 bridgehead atoms. The van der Waals surface area contributed by atoms with Crippen LogP contribution in [-0.2, 0) is 27.7 Å². The number of carbonyl (C=O) groups is 1. The van der Waals surface area contributed by atoms with Crippen molar-refractivity contribution in [1.82, 2.24) is 4.31 Å². The molecule has 25 heavy (non-hydrogen) atoms. The number of sulfonamides is 1. The summed E-state index contributed by atoms with van der Waals surface area (Å²) in [4.78, 5) is 12.0. The minimum absolute atomic E-state index is 0.193. The van der Waals surface area contributed by atoms with Gasteiger partial charge in [0.2, 0.25) is 10.0 Å². The van der Waals surface area contributed by atoms with Crippen LogP contribution in [0.25, 0.3) is 0 Å². The van der Waals surface area contributed by atoms with E-state index < -0.39 is 16.0 Å². The molecule has 0 spiro atoms. The van der Waals surface area contributed by atoms with E-state index >= 15 is 0 Å². The van der Waals surface area contributed by atoms with Crippen LogP contribution in [0.15, 0.2) is 53.4 Å². The highest BCUT2D eigenvalue weighted by Crippen LogP contribution is 2.25. The third-order valence-electron chi connectivity index (χ3n) is 4.26. The minimum Gasteiger partial charge on any atom is -0.462 e. The lowest BCUT2D eigenvalue weighted by atomic mass is 10.0. The van der Waals surface area contributed by atoms with Gasteiger partial charge < -0.3 is 4.74 Å². The van der Waals surface area contributed by atoms with Gasteiger partial charge in [-0.1, -0.05) is 31.2 Å². The van der Waals surface area contributed by atoms with Gasteiger partial charge in [0.05, 0.1) is 17.1 Å². The molecule has 0 atom stereocenters. The number of ether oxygens (including phenoxy) is 1. The van der Waals surface area contributed by atoms with Crippen LogP contribution in [-0.4, -0.2) is 31.8 Å². The Balaban J connectivity index is 1.78. The first kappa shape index (κ1) is 17.6. The lowest BCUT2D eigenvalue weighted by Gasteiger charge is -2.28. The van der Waals surface area contributed by atoms with Crippen LogP contribution in [0.2, 0.25) is 0 Å². The number of fused-ring (bicyclic) bond motifs is 1. The van der Waals surface area contributed by atoms with Crippen molar-refractivity contribution in [2.75, 3.05) is 13.2 Å². The van der Waals surface area contributed by atoms with Crippen LogP contribution >= 0.6 is 0 Å². The summed E-state index contributed by atoms with van der Waals surface area (Å²) in [6.45, 7) is 3.10. The number of nitrogens with zero attached hydrogens (tertiary/aromatic N) is 1. The van der Waals surface area contributed by atoms with Gasteiger partial charge in [-0.25, -0.2) is 13.2 Å². The summed E-state index contributed by atoms with van der Waals surface area (Å²) in [7, 11) is -3.58. The second-order valence-electron chi connectivity index (χ2n) is 6.02.